The number of aryl methyl sites for hydroxylation is 1. The highest BCUT2D eigenvalue weighted by molar-refractivity contribution is 5.67. The minimum absolute atomic E-state index is 0.0727. The van der Waals surface area contributed by atoms with E-state index in [1.165, 1.54) is 17.2 Å². The van der Waals surface area contributed by atoms with Crippen molar-refractivity contribution in [2.75, 3.05) is 11.1 Å². The Morgan fingerprint density at radius 1 is 1.05 bits per heavy atom. The van der Waals surface area contributed by atoms with Crippen molar-refractivity contribution < 1.29 is 8.78 Å². The van der Waals surface area contributed by atoms with E-state index in [-0.39, 0.29) is 17.4 Å². The Kier molecular flexibility index (Phi) is 3.30. The fraction of sp³-hybridized carbons (Fsp3) is 0.250. The fourth-order valence-corrected chi connectivity index (χ4v) is 2.74. The van der Waals surface area contributed by atoms with Gasteiger partial charge in [-0.2, -0.15) is 0 Å². The molecule has 3 N–H and O–H groups in total. The van der Waals surface area contributed by atoms with Gasteiger partial charge in [0.2, 0.25) is 0 Å². The number of hydrogen-bond acceptors (Lipinski definition) is 2. The van der Waals surface area contributed by atoms with E-state index < -0.39 is 11.6 Å². The van der Waals surface area contributed by atoms with Gasteiger partial charge in [0.1, 0.15) is 0 Å². The molecular formula is C16H16F2N2. The summed E-state index contributed by atoms with van der Waals surface area (Å²) in [5, 5.41) is 3.06. The maximum absolute atomic E-state index is 13.8. The van der Waals surface area contributed by atoms with Crippen molar-refractivity contribution >= 4 is 11.4 Å². The minimum Gasteiger partial charge on any atom is -0.397 e. The second-order valence-electron chi connectivity index (χ2n) is 5.18. The zero-order valence-corrected chi connectivity index (χ0v) is 11.0. The smallest absolute Gasteiger partial charge is 0.183 e. The van der Waals surface area contributed by atoms with Crippen molar-refractivity contribution in [2.24, 2.45) is 0 Å². The monoisotopic (exact) mass is 274 g/mol. The Bertz CT molecular complexity index is 640. The summed E-state index contributed by atoms with van der Waals surface area (Å²) in [4.78, 5) is 0. The van der Waals surface area contributed by atoms with Crippen LogP contribution in [-0.4, -0.2) is 6.04 Å². The number of hydrogen-bond donors (Lipinski definition) is 2. The van der Waals surface area contributed by atoms with E-state index in [0.717, 1.165) is 25.3 Å². The summed E-state index contributed by atoms with van der Waals surface area (Å²) >= 11 is 0. The maximum atomic E-state index is 13.8. The lowest BCUT2D eigenvalue weighted by Crippen LogP contribution is -2.28. The summed E-state index contributed by atoms with van der Waals surface area (Å²) in [6, 6.07) is 10.7. The van der Waals surface area contributed by atoms with Gasteiger partial charge in [0.15, 0.2) is 11.6 Å². The molecule has 0 saturated heterocycles. The highest BCUT2D eigenvalue weighted by Gasteiger charge is 2.21. The van der Waals surface area contributed by atoms with Gasteiger partial charge in [-0.3, -0.25) is 0 Å². The first-order valence-corrected chi connectivity index (χ1v) is 6.72. The molecule has 0 fully saturated rings. The summed E-state index contributed by atoms with van der Waals surface area (Å²) in [6.07, 6.45) is 2.61. The normalized spacial score (nSPS) is 17.6. The lowest BCUT2D eigenvalue weighted by molar-refractivity contribution is 0.508. The lowest BCUT2D eigenvalue weighted by Gasteiger charge is -2.27. The lowest BCUT2D eigenvalue weighted by atomic mass is 9.88. The molecule has 0 aromatic heterocycles. The van der Waals surface area contributed by atoms with Crippen molar-refractivity contribution in [1.29, 1.82) is 0 Å². The number of nitrogens with one attached hydrogen (secondary N) is 1. The van der Waals surface area contributed by atoms with Crippen molar-refractivity contribution in [3.05, 3.63) is 59.2 Å². The van der Waals surface area contributed by atoms with Gasteiger partial charge < -0.3 is 11.1 Å². The third-order valence-electron chi connectivity index (χ3n) is 3.82. The molecule has 1 aliphatic carbocycles. The number of benzene rings is 2. The summed E-state index contributed by atoms with van der Waals surface area (Å²) in [7, 11) is 0. The fourth-order valence-electron chi connectivity index (χ4n) is 2.74. The Hall–Kier alpha value is -2.10. The van der Waals surface area contributed by atoms with E-state index in [1.54, 1.807) is 0 Å². The SMILES string of the molecule is Nc1ccc(F)c(F)c1NC1CCc2ccccc2C1. The Labute approximate surface area is 116 Å². The van der Waals surface area contributed by atoms with Crippen molar-refractivity contribution in [1.82, 2.24) is 0 Å². The molecule has 4 heteroatoms. The second kappa shape index (κ2) is 5.12. The van der Waals surface area contributed by atoms with Crippen LogP contribution < -0.4 is 11.1 Å². The van der Waals surface area contributed by atoms with Crippen molar-refractivity contribution in [3.8, 4) is 0 Å². The average Bonchev–Trinajstić information content (AvgIpc) is 2.47. The standard InChI is InChI=1S/C16H16F2N2/c17-13-7-8-14(19)16(15(13)18)20-12-6-5-10-3-1-2-4-11(10)9-12/h1-4,7-8,12,20H,5-6,9,19H2. The number of fused-ring (bicyclic) bond motifs is 1. The first-order chi connectivity index (χ1) is 9.65. The van der Waals surface area contributed by atoms with Gasteiger partial charge in [-0.05, 0) is 42.5 Å². The number of anilines is 2. The molecule has 20 heavy (non-hydrogen) atoms. The van der Waals surface area contributed by atoms with Crippen LogP contribution in [0.3, 0.4) is 0 Å². The molecule has 0 saturated carbocycles. The molecule has 1 unspecified atom stereocenters. The van der Waals surface area contributed by atoms with Crippen molar-refractivity contribution in [3.63, 3.8) is 0 Å². The van der Waals surface area contributed by atoms with Crippen LogP contribution >= 0.6 is 0 Å². The summed E-state index contributed by atoms with van der Waals surface area (Å²) in [5.41, 5.74) is 8.64. The van der Waals surface area contributed by atoms with Gasteiger partial charge in [0.25, 0.3) is 0 Å². The molecule has 0 bridgehead atoms. The zero-order chi connectivity index (χ0) is 14.1. The van der Waals surface area contributed by atoms with Crippen LogP contribution in [0.2, 0.25) is 0 Å². The number of nitrogen functional groups attached to an aromatic ring is 1. The summed E-state index contributed by atoms with van der Waals surface area (Å²) in [6.45, 7) is 0. The van der Waals surface area contributed by atoms with Crippen LogP contribution in [0.4, 0.5) is 20.2 Å². The molecule has 0 heterocycles. The molecule has 0 radical (unpaired) electrons. The minimum atomic E-state index is -0.899. The van der Waals surface area contributed by atoms with Crippen LogP contribution in [0.25, 0.3) is 0 Å². The third kappa shape index (κ3) is 2.33. The third-order valence-corrected chi connectivity index (χ3v) is 3.82. The number of nitrogens with two attached hydrogens (primary N) is 1. The Morgan fingerprint density at radius 2 is 1.80 bits per heavy atom. The van der Waals surface area contributed by atoms with E-state index in [0.29, 0.717) is 0 Å². The predicted octanol–water partition coefficient (Wildman–Crippen LogP) is 3.52. The first kappa shape index (κ1) is 12.9. The van der Waals surface area contributed by atoms with Crippen LogP contribution in [-0.2, 0) is 12.8 Å². The summed E-state index contributed by atoms with van der Waals surface area (Å²) < 4.78 is 27.1. The Morgan fingerprint density at radius 3 is 2.60 bits per heavy atom. The largest absolute Gasteiger partial charge is 0.397 e. The second-order valence-corrected chi connectivity index (χ2v) is 5.18. The van der Waals surface area contributed by atoms with Gasteiger partial charge in [0, 0.05) is 6.04 Å². The molecule has 1 aliphatic rings. The molecule has 104 valence electrons. The van der Waals surface area contributed by atoms with Crippen LogP contribution in [0.15, 0.2) is 36.4 Å². The first-order valence-electron chi connectivity index (χ1n) is 6.72. The topological polar surface area (TPSA) is 38.0 Å². The average molecular weight is 274 g/mol. The molecule has 2 aromatic rings. The summed E-state index contributed by atoms with van der Waals surface area (Å²) in [5.74, 6) is -1.78. The number of rotatable bonds is 2. The molecule has 0 aliphatic heterocycles. The molecular weight excluding hydrogens is 258 g/mol. The van der Waals surface area contributed by atoms with Gasteiger partial charge in [-0.1, -0.05) is 24.3 Å². The van der Waals surface area contributed by atoms with Crippen molar-refractivity contribution in [2.45, 2.75) is 25.3 Å². The maximum Gasteiger partial charge on any atom is 0.183 e. The van der Waals surface area contributed by atoms with E-state index in [2.05, 4.69) is 17.4 Å². The molecule has 0 spiro atoms. The van der Waals surface area contributed by atoms with Gasteiger partial charge in [-0.25, -0.2) is 8.78 Å². The van der Waals surface area contributed by atoms with E-state index >= 15 is 0 Å². The predicted molar refractivity (Wildman–Crippen MR) is 76.6 cm³/mol. The molecule has 1 atom stereocenters. The van der Waals surface area contributed by atoms with Gasteiger partial charge >= 0.3 is 0 Å². The zero-order valence-electron chi connectivity index (χ0n) is 11.0. The van der Waals surface area contributed by atoms with E-state index in [9.17, 15) is 8.78 Å². The van der Waals surface area contributed by atoms with Crippen LogP contribution in [0.1, 0.15) is 17.5 Å². The van der Waals surface area contributed by atoms with Crippen LogP contribution in [0, 0.1) is 11.6 Å². The van der Waals surface area contributed by atoms with Crippen LogP contribution in [0.5, 0.6) is 0 Å². The molecule has 0 amide bonds. The molecule has 3 rings (SSSR count). The highest BCUT2D eigenvalue weighted by Crippen LogP contribution is 2.29. The highest BCUT2D eigenvalue weighted by atomic mass is 19.2. The van der Waals surface area contributed by atoms with Gasteiger partial charge in [0.05, 0.1) is 11.4 Å². The molecule has 2 aromatic carbocycles. The Balaban J connectivity index is 1.82. The van der Waals surface area contributed by atoms with E-state index in [1.807, 2.05) is 12.1 Å². The van der Waals surface area contributed by atoms with Gasteiger partial charge in [-0.15, -0.1) is 0 Å². The molecule has 2 nitrogen and oxygen atoms in total. The number of halogens is 2. The van der Waals surface area contributed by atoms with E-state index in [4.69, 9.17) is 5.73 Å². The quantitative estimate of drug-likeness (QED) is 0.822.